The molecular formula is C23H25F4N5O4. The first-order valence-corrected chi connectivity index (χ1v) is 11.0. The van der Waals surface area contributed by atoms with Crippen molar-refractivity contribution in [2.24, 2.45) is 0 Å². The molecule has 1 amide bonds. The van der Waals surface area contributed by atoms with E-state index in [4.69, 9.17) is 4.74 Å². The topological polar surface area (TPSA) is 119 Å². The van der Waals surface area contributed by atoms with Crippen LogP contribution in [0, 0.1) is 5.82 Å². The number of hydrogen-bond donors (Lipinski definition) is 2. The van der Waals surface area contributed by atoms with Crippen LogP contribution < -0.4 is 16.6 Å². The van der Waals surface area contributed by atoms with Crippen molar-refractivity contribution < 1.29 is 27.1 Å². The molecule has 3 rings (SSSR count). The van der Waals surface area contributed by atoms with E-state index in [0.717, 1.165) is 16.7 Å². The third-order valence-corrected chi connectivity index (χ3v) is 5.07. The number of ether oxygens (including phenoxy) is 1. The summed E-state index contributed by atoms with van der Waals surface area (Å²) in [6.45, 7) is 6.96. The number of hydrogen-bond acceptors (Lipinski definition) is 6. The first kappa shape index (κ1) is 26.8. The Balaban J connectivity index is 1.78. The molecule has 0 spiro atoms. The van der Waals surface area contributed by atoms with Crippen LogP contribution in [-0.2, 0) is 17.5 Å². The number of halogens is 4. The molecule has 0 fully saturated rings. The fourth-order valence-corrected chi connectivity index (χ4v) is 3.40. The number of rotatable bonds is 6. The van der Waals surface area contributed by atoms with Gasteiger partial charge in [-0.15, -0.1) is 0 Å². The van der Waals surface area contributed by atoms with Crippen LogP contribution in [0.1, 0.15) is 46.1 Å². The number of alkyl halides is 3. The molecule has 0 saturated heterocycles. The second-order valence-corrected chi connectivity index (χ2v) is 9.25. The van der Waals surface area contributed by atoms with Gasteiger partial charge in [-0.25, -0.2) is 23.9 Å². The molecule has 1 aromatic carbocycles. The Bertz CT molecular complexity index is 1380. The number of fused-ring (bicyclic) bond motifs is 1. The van der Waals surface area contributed by atoms with Crippen LogP contribution in [0.25, 0.3) is 22.3 Å². The van der Waals surface area contributed by atoms with Gasteiger partial charge in [-0.2, -0.15) is 13.2 Å². The van der Waals surface area contributed by atoms with Crippen LogP contribution in [0.15, 0.2) is 34.1 Å². The molecule has 194 valence electrons. The van der Waals surface area contributed by atoms with E-state index in [0.29, 0.717) is 25.2 Å². The largest absolute Gasteiger partial charge is 0.444 e. The van der Waals surface area contributed by atoms with Gasteiger partial charge in [0.2, 0.25) is 0 Å². The molecule has 1 atom stereocenters. The Morgan fingerprint density at radius 1 is 1.17 bits per heavy atom. The molecule has 1 unspecified atom stereocenters. The lowest BCUT2D eigenvalue weighted by Gasteiger charge is -2.22. The van der Waals surface area contributed by atoms with Crippen LogP contribution in [0.2, 0.25) is 0 Å². The monoisotopic (exact) mass is 511 g/mol. The molecular weight excluding hydrogens is 486 g/mol. The minimum atomic E-state index is -4.65. The molecule has 0 aliphatic carbocycles. The van der Waals surface area contributed by atoms with E-state index in [1.165, 1.54) is 0 Å². The van der Waals surface area contributed by atoms with Gasteiger partial charge in [-0.1, -0.05) is 0 Å². The Hall–Kier alpha value is -3.77. The standard InChI is InChI=1S/C23H25F4N5O4/c1-12(30-21(35)36-22(2,3)4)6-5-7-32-19(33)15-8-16(24)14(9-17(15)31-20(32)34)18-28-10-13(11-29-18)23(25,26)27/h8-12H,5-7H2,1-4H3,(H,30,35)(H,31,34). The van der Waals surface area contributed by atoms with E-state index in [1.54, 1.807) is 27.7 Å². The van der Waals surface area contributed by atoms with Gasteiger partial charge in [-0.3, -0.25) is 9.36 Å². The van der Waals surface area contributed by atoms with Crippen molar-refractivity contribution in [3.63, 3.8) is 0 Å². The molecule has 2 heterocycles. The Kier molecular flexibility index (Phi) is 7.51. The third kappa shape index (κ3) is 6.46. The zero-order valence-electron chi connectivity index (χ0n) is 20.0. The number of H-pyrrole nitrogens is 1. The van der Waals surface area contributed by atoms with Crippen molar-refractivity contribution in [2.45, 2.75) is 64.9 Å². The summed E-state index contributed by atoms with van der Waals surface area (Å²) in [4.78, 5) is 46.8. The maximum atomic E-state index is 14.8. The number of alkyl carbamates (subject to hydrolysis) is 1. The average Bonchev–Trinajstić information content (AvgIpc) is 2.74. The molecule has 2 aromatic heterocycles. The number of amides is 1. The maximum absolute atomic E-state index is 14.8. The summed E-state index contributed by atoms with van der Waals surface area (Å²) in [7, 11) is 0. The quantitative estimate of drug-likeness (QED) is 0.483. The number of carbonyl (C=O) groups is 1. The molecule has 9 nitrogen and oxygen atoms in total. The van der Waals surface area contributed by atoms with Crippen molar-refractivity contribution in [1.82, 2.24) is 24.8 Å². The third-order valence-electron chi connectivity index (χ3n) is 5.07. The lowest BCUT2D eigenvalue weighted by molar-refractivity contribution is -0.138. The molecule has 0 aliphatic heterocycles. The van der Waals surface area contributed by atoms with Crippen LogP contribution in [0.5, 0.6) is 0 Å². The van der Waals surface area contributed by atoms with Crippen molar-refractivity contribution >= 4 is 17.0 Å². The number of aromatic amines is 1. The van der Waals surface area contributed by atoms with E-state index in [1.807, 2.05) is 0 Å². The normalized spacial score (nSPS) is 13.0. The highest BCUT2D eigenvalue weighted by atomic mass is 19.4. The fourth-order valence-electron chi connectivity index (χ4n) is 3.40. The molecule has 13 heteroatoms. The molecule has 3 aromatic rings. The first-order valence-electron chi connectivity index (χ1n) is 11.0. The van der Waals surface area contributed by atoms with E-state index in [9.17, 15) is 31.9 Å². The van der Waals surface area contributed by atoms with Gasteiger partial charge < -0.3 is 15.0 Å². The molecule has 0 radical (unpaired) electrons. The van der Waals surface area contributed by atoms with Crippen molar-refractivity contribution in [3.05, 3.63) is 56.7 Å². The number of carbonyl (C=O) groups excluding carboxylic acids is 1. The summed E-state index contributed by atoms with van der Waals surface area (Å²) in [5.41, 5.74) is -3.51. The van der Waals surface area contributed by atoms with Gasteiger partial charge in [0.05, 0.1) is 22.0 Å². The zero-order chi connectivity index (χ0) is 26.8. The lowest BCUT2D eigenvalue weighted by atomic mass is 10.1. The molecule has 2 N–H and O–H groups in total. The summed E-state index contributed by atoms with van der Waals surface area (Å²) in [6, 6.07) is 1.69. The minimum absolute atomic E-state index is 0.00975. The summed E-state index contributed by atoms with van der Waals surface area (Å²) in [5, 5.41) is 2.54. The molecule has 0 aliphatic rings. The molecule has 36 heavy (non-hydrogen) atoms. The van der Waals surface area contributed by atoms with Crippen LogP contribution in [0.3, 0.4) is 0 Å². The highest BCUT2D eigenvalue weighted by molar-refractivity contribution is 5.82. The second-order valence-electron chi connectivity index (χ2n) is 9.25. The molecule has 0 bridgehead atoms. The van der Waals surface area contributed by atoms with E-state index in [2.05, 4.69) is 20.3 Å². The van der Waals surface area contributed by atoms with Gasteiger partial charge in [-0.05, 0) is 52.7 Å². The number of aromatic nitrogens is 4. The van der Waals surface area contributed by atoms with Crippen LogP contribution in [0.4, 0.5) is 22.4 Å². The van der Waals surface area contributed by atoms with E-state index < -0.39 is 40.5 Å². The highest BCUT2D eigenvalue weighted by Gasteiger charge is 2.31. The van der Waals surface area contributed by atoms with Gasteiger partial charge in [0.25, 0.3) is 5.56 Å². The highest BCUT2D eigenvalue weighted by Crippen LogP contribution is 2.29. The predicted octanol–water partition coefficient (Wildman–Crippen LogP) is 4.00. The van der Waals surface area contributed by atoms with Crippen LogP contribution >= 0.6 is 0 Å². The zero-order valence-corrected chi connectivity index (χ0v) is 20.0. The predicted molar refractivity (Wildman–Crippen MR) is 123 cm³/mol. The van der Waals surface area contributed by atoms with Crippen LogP contribution in [-0.4, -0.2) is 37.3 Å². The molecule has 0 saturated carbocycles. The summed E-state index contributed by atoms with van der Waals surface area (Å²) in [6.07, 6.45) is -3.41. The van der Waals surface area contributed by atoms with Crippen molar-refractivity contribution in [3.8, 4) is 11.4 Å². The van der Waals surface area contributed by atoms with Crippen molar-refractivity contribution in [1.29, 1.82) is 0 Å². The van der Waals surface area contributed by atoms with Gasteiger partial charge in [0.1, 0.15) is 11.4 Å². The second kappa shape index (κ2) is 10.1. The average molecular weight is 511 g/mol. The van der Waals surface area contributed by atoms with E-state index in [-0.39, 0.29) is 34.9 Å². The number of benzene rings is 1. The SMILES string of the molecule is CC(CCCn1c(=O)[nH]c2cc(-c3ncc(C(F)(F)F)cn3)c(F)cc2c1=O)NC(=O)OC(C)(C)C. The Morgan fingerprint density at radius 3 is 2.39 bits per heavy atom. The Morgan fingerprint density at radius 2 is 1.81 bits per heavy atom. The van der Waals surface area contributed by atoms with Crippen molar-refractivity contribution in [2.75, 3.05) is 0 Å². The summed E-state index contributed by atoms with van der Waals surface area (Å²) < 4.78 is 59.0. The smallest absolute Gasteiger partial charge is 0.419 e. The van der Waals surface area contributed by atoms with Gasteiger partial charge in [0.15, 0.2) is 5.82 Å². The van der Waals surface area contributed by atoms with E-state index >= 15 is 0 Å². The summed E-state index contributed by atoms with van der Waals surface area (Å²) >= 11 is 0. The lowest BCUT2D eigenvalue weighted by Crippen LogP contribution is -2.38. The van der Waals surface area contributed by atoms with Gasteiger partial charge >= 0.3 is 18.0 Å². The first-order chi connectivity index (χ1) is 16.7. The Labute approximate surface area is 202 Å². The number of nitrogens with one attached hydrogen (secondary N) is 2. The maximum Gasteiger partial charge on any atom is 0.419 e. The van der Waals surface area contributed by atoms with Gasteiger partial charge in [0, 0.05) is 25.0 Å². The fraction of sp³-hybridized carbons (Fsp3) is 0.435. The summed E-state index contributed by atoms with van der Waals surface area (Å²) in [5.74, 6) is -1.27. The number of nitrogens with zero attached hydrogens (tertiary/aromatic N) is 3. The minimum Gasteiger partial charge on any atom is -0.444 e.